The molecular formula is C21H22F2N2O2. The Morgan fingerprint density at radius 2 is 2.00 bits per heavy atom. The molecule has 0 bridgehead atoms. The number of hydrogen-bond donors (Lipinski definition) is 1. The fraction of sp³-hybridized carbons (Fsp3) is 0.381. The molecule has 6 heteroatoms. The van der Waals surface area contributed by atoms with Crippen LogP contribution in [0.2, 0.25) is 0 Å². The first-order valence-corrected chi connectivity index (χ1v) is 9.19. The van der Waals surface area contributed by atoms with Gasteiger partial charge in [0, 0.05) is 31.1 Å². The molecule has 3 atom stereocenters. The summed E-state index contributed by atoms with van der Waals surface area (Å²) in [6.45, 7) is 1.93. The molecule has 1 heterocycles. The number of nitrogens with zero attached hydrogens (tertiary/aromatic N) is 1. The second-order valence-corrected chi connectivity index (χ2v) is 7.11. The summed E-state index contributed by atoms with van der Waals surface area (Å²) in [5, 5.41) is 3.33. The van der Waals surface area contributed by atoms with Crippen molar-refractivity contribution in [2.24, 2.45) is 5.92 Å². The molecule has 2 fully saturated rings. The van der Waals surface area contributed by atoms with E-state index in [9.17, 15) is 13.6 Å². The van der Waals surface area contributed by atoms with Gasteiger partial charge >= 0.3 is 0 Å². The van der Waals surface area contributed by atoms with Crippen molar-refractivity contribution in [2.45, 2.75) is 18.4 Å². The van der Waals surface area contributed by atoms with Gasteiger partial charge in [-0.1, -0.05) is 18.2 Å². The lowest BCUT2D eigenvalue weighted by Gasteiger charge is -2.37. The summed E-state index contributed by atoms with van der Waals surface area (Å²) >= 11 is 0. The summed E-state index contributed by atoms with van der Waals surface area (Å²) in [5.74, 6) is -0.719. The van der Waals surface area contributed by atoms with Crippen molar-refractivity contribution in [1.29, 1.82) is 0 Å². The molecule has 2 aromatic rings. The van der Waals surface area contributed by atoms with E-state index in [2.05, 4.69) is 5.32 Å². The van der Waals surface area contributed by atoms with Gasteiger partial charge in [-0.2, -0.15) is 0 Å². The van der Waals surface area contributed by atoms with E-state index in [1.165, 1.54) is 6.07 Å². The first kappa shape index (κ1) is 17.9. The highest BCUT2D eigenvalue weighted by Crippen LogP contribution is 2.50. The smallest absolute Gasteiger partial charge is 0.226 e. The number of amides is 1. The largest absolute Gasteiger partial charge is 0.496 e. The average Bonchev–Trinajstić information content (AvgIpc) is 3.50. The maximum Gasteiger partial charge on any atom is 0.226 e. The van der Waals surface area contributed by atoms with E-state index < -0.39 is 11.6 Å². The summed E-state index contributed by atoms with van der Waals surface area (Å²) in [5.41, 5.74) is 1.26. The van der Waals surface area contributed by atoms with Gasteiger partial charge in [0.05, 0.1) is 13.2 Å². The normalized spacial score (nSPS) is 24.6. The second-order valence-electron chi connectivity index (χ2n) is 7.11. The molecule has 2 aliphatic rings. The van der Waals surface area contributed by atoms with Gasteiger partial charge in [0.15, 0.2) is 0 Å². The van der Waals surface area contributed by atoms with E-state index in [4.69, 9.17) is 4.74 Å². The molecule has 1 aliphatic heterocycles. The summed E-state index contributed by atoms with van der Waals surface area (Å²) in [4.78, 5) is 15.0. The minimum absolute atomic E-state index is 0.000988. The predicted molar refractivity (Wildman–Crippen MR) is 97.5 cm³/mol. The number of methoxy groups -OCH3 is 1. The van der Waals surface area contributed by atoms with Crippen LogP contribution in [-0.2, 0) is 4.79 Å². The van der Waals surface area contributed by atoms with Crippen LogP contribution in [0.3, 0.4) is 0 Å². The Morgan fingerprint density at radius 3 is 2.81 bits per heavy atom. The minimum Gasteiger partial charge on any atom is -0.496 e. The van der Waals surface area contributed by atoms with Crippen LogP contribution in [0.15, 0.2) is 42.5 Å². The Hall–Kier alpha value is -2.47. The Kier molecular flexibility index (Phi) is 4.83. The van der Waals surface area contributed by atoms with Gasteiger partial charge in [-0.25, -0.2) is 8.78 Å². The fourth-order valence-electron chi connectivity index (χ4n) is 4.01. The molecule has 1 saturated heterocycles. The highest BCUT2D eigenvalue weighted by atomic mass is 19.1. The standard InChI is InChI=1S/C21H22F2N2O2/c1-27-20-5-3-2-4-14(20)19-12-24-8-9-25(19)21(26)17-11-15(17)16-10-13(22)6-7-18(16)23/h2-7,10,15,17,19,24H,8-9,11-12H2,1H3. The molecule has 1 N–H and O–H groups in total. The number of halogens is 2. The van der Waals surface area contributed by atoms with Gasteiger partial charge in [0.2, 0.25) is 5.91 Å². The Bertz CT molecular complexity index is 858. The van der Waals surface area contributed by atoms with Crippen molar-refractivity contribution in [2.75, 3.05) is 26.7 Å². The highest BCUT2D eigenvalue weighted by Gasteiger charge is 2.48. The first-order chi connectivity index (χ1) is 13.1. The third-order valence-electron chi connectivity index (χ3n) is 5.49. The summed E-state index contributed by atoms with van der Waals surface area (Å²) < 4.78 is 33.0. The van der Waals surface area contributed by atoms with Crippen LogP contribution in [0.25, 0.3) is 0 Å². The monoisotopic (exact) mass is 372 g/mol. The van der Waals surface area contributed by atoms with Gasteiger partial charge in [0.25, 0.3) is 0 Å². The van der Waals surface area contributed by atoms with Crippen molar-refractivity contribution in [1.82, 2.24) is 10.2 Å². The zero-order valence-electron chi connectivity index (χ0n) is 15.1. The minimum atomic E-state index is -0.474. The van der Waals surface area contributed by atoms with E-state index in [0.29, 0.717) is 31.6 Å². The maximum absolute atomic E-state index is 14.1. The molecular weight excluding hydrogens is 350 g/mol. The number of carbonyl (C=O) groups is 1. The molecule has 1 amide bonds. The number of carbonyl (C=O) groups excluding carboxylic acids is 1. The van der Waals surface area contributed by atoms with Gasteiger partial charge in [-0.15, -0.1) is 0 Å². The van der Waals surface area contributed by atoms with E-state index >= 15 is 0 Å². The number of para-hydroxylation sites is 1. The number of hydrogen-bond acceptors (Lipinski definition) is 3. The molecule has 0 aromatic heterocycles. The van der Waals surface area contributed by atoms with Crippen molar-refractivity contribution in [3.05, 3.63) is 65.2 Å². The van der Waals surface area contributed by atoms with Crippen molar-refractivity contribution >= 4 is 5.91 Å². The van der Waals surface area contributed by atoms with Crippen LogP contribution < -0.4 is 10.1 Å². The first-order valence-electron chi connectivity index (χ1n) is 9.19. The number of piperazine rings is 1. The fourth-order valence-corrected chi connectivity index (χ4v) is 4.01. The number of rotatable bonds is 4. The van der Waals surface area contributed by atoms with Gasteiger partial charge in [0.1, 0.15) is 17.4 Å². The van der Waals surface area contributed by atoms with E-state index in [1.807, 2.05) is 29.2 Å². The van der Waals surface area contributed by atoms with Crippen LogP contribution in [-0.4, -0.2) is 37.6 Å². The van der Waals surface area contributed by atoms with Crippen molar-refractivity contribution < 1.29 is 18.3 Å². The van der Waals surface area contributed by atoms with Gasteiger partial charge < -0.3 is 15.0 Å². The maximum atomic E-state index is 14.1. The topological polar surface area (TPSA) is 41.6 Å². The van der Waals surface area contributed by atoms with E-state index in [1.54, 1.807) is 7.11 Å². The summed E-state index contributed by atoms with van der Waals surface area (Å²) in [6, 6.07) is 11.0. The van der Waals surface area contributed by atoms with Gasteiger partial charge in [-0.05, 0) is 42.2 Å². The van der Waals surface area contributed by atoms with Crippen LogP contribution in [0.4, 0.5) is 8.78 Å². The molecule has 0 radical (unpaired) electrons. The SMILES string of the molecule is COc1ccccc1C1CNCCN1C(=O)C1CC1c1cc(F)ccc1F. The number of ether oxygens (including phenoxy) is 1. The Balaban J connectivity index is 1.56. The zero-order chi connectivity index (χ0) is 19.0. The summed E-state index contributed by atoms with van der Waals surface area (Å²) in [6.07, 6.45) is 0.557. The van der Waals surface area contributed by atoms with E-state index in [-0.39, 0.29) is 23.8 Å². The molecule has 142 valence electrons. The average molecular weight is 372 g/mol. The zero-order valence-corrected chi connectivity index (χ0v) is 15.1. The lowest BCUT2D eigenvalue weighted by Crippen LogP contribution is -2.49. The van der Waals surface area contributed by atoms with Crippen LogP contribution in [0.1, 0.15) is 29.5 Å². The lowest BCUT2D eigenvalue weighted by molar-refractivity contribution is -0.136. The van der Waals surface area contributed by atoms with Gasteiger partial charge in [-0.3, -0.25) is 4.79 Å². The second kappa shape index (κ2) is 7.27. The highest BCUT2D eigenvalue weighted by molar-refractivity contribution is 5.83. The predicted octanol–water partition coefficient (Wildman–Crippen LogP) is 3.25. The summed E-state index contributed by atoms with van der Waals surface area (Å²) in [7, 11) is 1.62. The molecule has 27 heavy (non-hydrogen) atoms. The molecule has 4 nitrogen and oxygen atoms in total. The Labute approximate surface area is 157 Å². The van der Waals surface area contributed by atoms with Crippen LogP contribution in [0, 0.1) is 17.6 Å². The molecule has 1 saturated carbocycles. The number of nitrogens with one attached hydrogen (secondary N) is 1. The molecule has 3 unspecified atom stereocenters. The lowest BCUT2D eigenvalue weighted by atomic mass is 10.0. The van der Waals surface area contributed by atoms with Crippen LogP contribution >= 0.6 is 0 Å². The molecule has 0 spiro atoms. The van der Waals surface area contributed by atoms with Crippen molar-refractivity contribution in [3.63, 3.8) is 0 Å². The Morgan fingerprint density at radius 1 is 1.19 bits per heavy atom. The third kappa shape index (κ3) is 3.41. The quantitative estimate of drug-likeness (QED) is 0.896. The van der Waals surface area contributed by atoms with Crippen LogP contribution in [0.5, 0.6) is 5.75 Å². The molecule has 1 aliphatic carbocycles. The molecule has 2 aromatic carbocycles. The van der Waals surface area contributed by atoms with Crippen molar-refractivity contribution in [3.8, 4) is 5.75 Å². The number of benzene rings is 2. The third-order valence-corrected chi connectivity index (χ3v) is 5.49. The molecule has 4 rings (SSSR count). The van der Waals surface area contributed by atoms with E-state index in [0.717, 1.165) is 23.4 Å².